The van der Waals surface area contributed by atoms with Gasteiger partial charge in [-0.3, -0.25) is 4.79 Å². The molecule has 8 heteroatoms. The molecule has 0 atom stereocenters. The van der Waals surface area contributed by atoms with Gasteiger partial charge in [-0.2, -0.15) is 4.98 Å². The number of benzene rings is 2. The standard InChI is InChI=1S/C25H25N5O3/c1-32-20-11-7-18(8-12-20)25-28-24(33-29-25)14-13-23(31)26-19-9-5-17(6-10-19)21-16-30-15-3-2-4-22(30)27-21/h5-12,16H,2-4,13-15H2,1H3,(H,26,31). The van der Waals surface area contributed by atoms with Crippen molar-refractivity contribution in [2.75, 3.05) is 12.4 Å². The first-order valence-electron chi connectivity index (χ1n) is 11.1. The number of carbonyl (C=O) groups is 1. The number of methoxy groups -OCH3 is 1. The van der Waals surface area contributed by atoms with E-state index in [4.69, 9.17) is 14.2 Å². The van der Waals surface area contributed by atoms with Crippen LogP contribution in [0.1, 0.15) is 31.0 Å². The van der Waals surface area contributed by atoms with Crippen LogP contribution in [0.4, 0.5) is 5.69 Å². The predicted octanol–water partition coefficient (Wildman–Crippen LogP) is 4.52. The monoisotopic (exact) mass is 443 g/mol. The molecule has 0 aliphatic carbocycles. The van der Waals surface area contributed by atoms with Gasteiger partial charge in [0.1, 0.15) is 11.6 Å². The largest absolute Gasteiger partial charge is 0.497 e. The van der Waals surface area contributed by atoms with Gasteiger partial charge in [-0.1, -0.05) is 17.3 Å². The van der Waals surface area contributed by atoms with Gasteiger partial charge in [-0.05, 0) is 49.2 Å². The van der Waals surface area contributed by atoms with Crippen LogP contribution in [-0.2, 0) is 24.2 Å². The highest BCUT2D eigenvalue weighted by atomic mass is 16.5. The molecule has 0 radical (unpaired) electrons. The van der Waals surface area contributed by atoms with Gasteiger partial charge in [0.15, 0.2) is 0 Å². The number of hydrogen-bond donors (Lipinski definition) is 1. The molecule has 1 aliphatic rings. The van der Waals surface area contributed by atoms with E-state index in [1.54, 1.807) is 7.11 Å². The van der Waals surface area contributed by atoms with Crippen molar-refractivity contribution >= 4 is 11.6 Å². The quantitative estimate of drug-likeness (QED) is 0.451. The number of hydrogen-bond acceptors (Lipinski definition) is 6. The number of imidazole rings is 1. The third-order valence-corrected chi connectivity index (χ3v) is 5.76. The minimum absolute atomic E-state index is 0.107. The summed E-state index contributed by atoms with van der Waals surface area (Å²) in [6.45, 7) is 1.04. The summed E-state index contributed by atoms with van der Waals surface area (Å²) in [5.41, 5.74) is 3.60. The second-order valence-electron chi connectivity index (χ2n) is 8.06. The van der Waals surface area contributed by atoms with Crippen LogP contribution in [0.5, 0.6) is 5.75 Å². The van der Waals surface area contributed by atoms with Gasteiger partial charge in [0.05, 0.1) is 12.8 Å². The lowest BCUT2D eigenvalue weighted by molar-refractivity contribution is -0.116. The minimum Gasteiger partial charge on any atom is -0.497 e. The zero-order valence-electron chi connectivity index (χ0n) is 18.5. The fourth-order valence-electron chi connectivity index (χ4n) is 3.93. The number of nitrogens with one attached hydrogen (secondary N) is 1. The number of fused-ring (bicyclic) bond motifs is 1. The Hall–Kier alpha value is -3.94. The molecule has 2 aromatic heterocycles. The summed E-state index contributed by atoms with van der Waals surface area (Å²) in [6.07, 6.45) is 6.18. The average molecular weight is 444 g/mol. The van der Waals surface area contributed by atoms with E-state index in [9.17, 15) is 4.79 Å². The zero-order valence-corrected chi connectivity index (χ0v) is 18.5. The lowest BCUT2D eigenvalue weighted by atomic mass is 10.1. The summed E-state index contributed by atoms with van der Waals surface area (Å²) >= 11 is 0. The molecule has 1 N–H and O–H groups in total. The first kappa shape index (κ1) is 20.9. The maximum atomic E-state index is 12.4. The maximum Gasteiger partial charge on any atom is 0.227 e. The molecular weight excluding hydrogens is 418 g/mol. The molecule has 5 rings (SSSR count). The summed E-state index contributed by atoms with van der Waals surface area (Å²) in [5.74, 6) is 2.73. The van der Waals surface area contributed by atoms with Gasteiger partial charge >= 0.3 is 0 Å². The summed E-state index contributed by atoms with van der Waals surface area (Å²) in [5, 5.41) is 6.92. The van der Waals surface area contributed by atoms with Crippen LogP contribution in [0.2, 0.25) is 0 Å². The van der Waals surface area contributed by atoms with Gasteiger partial charge in [0, 0.05) is 48.8 Å². The Morgan fingerprint density at radius 1 is 1.06 bits per heavy atom. The number of carbonyl (C=O) groups excluding carboxylic acids is 1. The molecule has 33 heavy (non-hydrogen) atoms. The molecule has 0 spiro atoms. The number of aryl methyl sites for hydroxylation is 3. The molecule has 0 bridgehead atoms. The first-order valence-corrected chi connectivity index (χ1v) is 11.1. The van der Waals surface area contributed by atoms with Gasteiger partial charge in [-0.15, -0.1) is 0 Å². The van der Waals surface area contributed by atoms with Crippen LogP contribution in [0.3, 0.4) is 0 Å². The molecule has 0 saturated heterocycles. The lowest BCUT2D eigenvalue weighted by Gasteiger charge is -2.11. The van der Waals surface area contributed by atoms with Crippen molar-refractivity contribution in [3.63, 3.8) is 0 Å². The number of aromatic nitrogens is 4. The zero-order chi connectivity index (χ0) is 22.6. The van der Waals surface area contributed by atoms with Crippen molar-refractivity contribution < 1.29 is 14.1 Å². The number of nitrogens with zero attached hydrogens (tertiary/aromatic N) is 4. The van der Waals surface area contributed by atoms with E-state index >= 15 is 0 Å². The fraction of sp³-hybridized carbons (Fsp3) is 0.280. The van der Waals surface area contributed by atoms with Crippen molar-refractivity contribution in [1.29, 1.82) is 0 Å². The van der Waals surface area contributed by atoms with Crippen LogP contribution < -0.4 is 10.1 Å². The van der Waals surface area contributed by atoms with E-state index in [0.717, 1.165) is 47.0 Å². The highest BCUT2D eigenvalue weighted by molar-refractivity contribution is 5.91. The van der Waals surface area contributed by atoms with Crippen molar-refractivity contribution in [1.82, 2.24) is 19.7 Å². The summed E-state index contributed by atoms with van der Waals surface area (Å²) in [6, 6.07) is 15.2. The predicted molar refractivity (Wildman–Crippen MR) is 124 cm³/mol. The third-order valence-electron chi connectivity index (χ3n) is 5.76. The van der Waals surface area contributed by atoms with E-state index in [-0.39, 0.29) is 12.3 Å². The Balaban J connectivity index is 1.15. The highest BCUT2D eigenvalue weighted by Crippen LogP contribution is 2.24. The topological polar surface area (TPSA) is 95.1 Å². The van der Waals surface area contributed by atoms with Crippen LogP contribution in [0.15, 0.2) is 59.3 Å². The Morgan fingerprint density at radius 2 is 1.85 bits per heavy atom. The smallest absolute Gasteiger partial charge is 0.227 e. The average Bonchev–Trinajstić information content (AvgIpc) is 3.51. The van der Waals surface area contributed by atoms with E-state index in [1.165, 1.54) is 12.8 Å². The van der Waals surface area contributed by atoms with E-state index in [1.807, 2.05) is 48.5 Å². The summed E-state index contributed by atoms with van der Waals surface area (Å²) < 4.78 is 12.7. The molecule has 8 nitrogen and oxygen atoms in total. The summed E-state index contributed by atoms with van der Waals surface area (Å²) in [7, 11) is 1.62. The normalized spacial score (nSPS) is 12.9. The fourth-order valence-corrected chi connectivity index (χ4v) is 3.93. The van der Waals surface area contributed by atoms with Gasteiger partial charge < -0.3 is 19.1 Å². The van der Waals surface area contributed by atoms with E-state index < -0.39 is 0 Å². The van der Waals surface area contributed by atoms with Crippen molar-refractivity contribution in [3.05, 3.63) is 66.4 Å². The molecule has 1 aliphatic heterocycles. The Labute approximate surface area is 191 Å². The number of rotatable bonds is 7. The van der Waals surface area contributed by atoms with Crippen molar-refractivity contribution in [3.8, 4) is 28.4 Å². The molecule has 1 amide bonds. The van der Waals surface area contributed by atoms with Crippen molar-refractivity contribution in [2.24, 2.45) is 0 Å². The van der Waals surface area contributed by atoms with Gasteiger partial charge in [-0.25, -0.2) is 4.98 Å². The Morgan fingerprint density at radius 3 is 2.61 bits per heavy atom. The van der Waals surface area contributed by atoms with Crippen LogP contribution in [-0.4, -0.2) is 32.7 Å². The third kappa shape index (κ3) is 4.79. The Bertz CT molecular complexity index is 1220. The number of ether oxygens (including phenoxy) is 1. The second-order valence-corrected chi connectivity index (χ2v) is 8.06. The second kappa shape index (κ2) is 9.28. The molecular formula is C25H25N5O3. The molecule has 0 unspecified atom stereocenters. The molecule has 4 aromatic rings. The SMILES string of the molecule is COc1ccc(-c2noc(CCC(=O)Nc3ccc(-c4cn5c(n4)CCCC5)cc3)n2)cc1. The first-order chi connectivity index (χ1) is 16.2. The molecule has 0 fully saturated rings. The number of anilines is 1. The summed E-state index contributed by atoms with van der Waals surface area (Å²) in [4.78, 5) is 21.5. The molecule has 168 valence electrons. The number of amides is 1. The minimum atomic E-state index is -0.107. The van der Waals surface area contributed by atoms with E-state index in [0.29, 0.717) is 18.1 Å². The molecule has 0 saturated carbocycles. The lowest BCUT2D eigenvalue weighted by Crippen LogP contribution is -2.12. The van der Waals surface area contributed by atoms with Crippen LogP contribution >= 0.6 is 0 Å². The highest BCUT2D eigenvalue weighted by Gasteiger charge is 2.14. The van der Waals surface area contributed by atoms with Crippen LogP contribution in [0.25, 0.3) is 22.6 Å². The van der Waals surface area contributed by atoms with Crippen LogP contribution in [0, 0.1) is 0 Å². The molecule has 3 heterocycles. The molecule has 2 aromatic carbocycles. The maximum absolute atomic E-state index is 12.4. The van der Waals surface area contributed by atoms with E-state index in [2.05, 4.69) is 26.2 Å². The van der Waals surface area contributed by atoms with Crippen molar-refractivity contribution in [2.45, 2.75) is 38.6 Å². The van der Waals surface area contributed by atoms with Gasteiger partial charge in [0.2, 0.25) is 17.6 Å². The van der Waals surface area contributed by atoms with Gasteiger partial charge in [0.25, 0.3) is 0 Å². The Kier molecular flexibility index (Phi) is 5.89.